The molecule has 0 spiro atoms. The fourth-order valence-corrected chi connectivity index (χ4v) is 7.00. The fraction of sp³-hybridized carbons (Fsp3) is 0.538. The molecule has 0 radical (unpaired) electrons. The van der Waals surface area contributed by atoms with Crippen LogP contribution >= 0.6 is 23.5 Å². The van der Waals surface area contributed by atoms with Crippen LogP contribution in [0.25, 0.3) is 0 Å². The molecule has 2 aliphatic heterocycles. The lowest BCUT2D eigenvalue weighted by Crippen LogP contribution is -2.73. The number of hydrogen-bond donors (Lipinski definition) is 2. The average molecular weight is 575 g/mol. The van der Waals surface area contributed by atoms with E-state index in [0.29, 0.717) is 22.2 Å². The van der Waals surface area contributed by atoms with E-state index in [-0.39, 0.29) is 22.3 Å². The van der Waals surface area contributed by atoms with Crippen LogP contribution in [0, 0.1) is 0 Å². The number of fused-ring (bicyclic) bond motifs is 1. The molecule has 1 saturated heterocycles. The summed E-state index contributed by atoms with van der Waals surface area (Å²) >= 11 is 2.71. The lowest BCUT2D eigenvalue weighted by Gasteiger charge is -2.53. The number of rotatable bonds is 7. The van der Waals surface area contributed by atoms with Crippen LogP contribution in [0.1, 0.15) is 58.2 Å². The number of aryl methyl sites for hydroxylation is 1. The molecule has 2 N–H and O–H groups in total. The lowest BCUT2D eigenvalue weighted by atomic mass is 9.78. The van der Waals surface area contributed by atoms with Gasteiger partial charge in [-0.2, -0.15) is 0 Å². The van der Waals surface area contributed by atoms with Crippen molar-refractivity contribution in [2.24, 2.45) is 12.0 Å². The number of methoxy groups -OCH3 is 1. The predicted molar refractivity (Wildman–Crippen MR) is 150 cm³/mol. The van der Waals surface area contributed by atoms with Gasteiger partial charge in [0.2, 0.25) is 5.16 Å². The molecule has 2 aliphatic rings. The highest BCUT2D eigenvalue weighted by molar-refractivity contribution is 8.01. The van der Waals surface area contributed by atoms with Crippen molar-refractivity contribution in [1.29, 1.82) is 0 Å². The summed E-state index contributed by atoms with van der Waals surface area (Å²) in [5.74, 6) is -0.763. The number of hydrogen-bond acceptors (Lipinski definition) is 10. The number of aliphatic imine (C=N–C) groups is 1. The van der Waals surface area contributed by atoms with Crippen molar-refractivity contribution in [3.8, 4) is 5.75 Å². The number of ether oxygens (including phenoxy) is 1. The normalized spacial score (nSPS) is 21.9. The van der Waals surface area contributed by atoms with Gasteiger partial charge in [0.1, 0.15) is 16.8 Å². The van der Waals surface area contributed by atoms with E-state index in [9.17, 15) is 19.8 Å². The zero-order valence-corrected chi connectivity index (χ0v) is 25.0. The Morgan fingerprint density at radius 3 is 2.36 bits per heavy atom. The van der Waals surface area contributed by atoms with Gasteiger partial charge in [-0.25, -0.2) is 14.5 Å². The second-order valence-electron chi connectivity index (χ2n) is 11.6. The van der Waals surface area contributed by atoms with Gasteiger partial charge in [-0.15, -0.1) is 16.9 Å². The molecule has 3 heterocycles. The summed E-state index contributed by atoms with van der Waals surface area (Å²) in [5.41, 5.74) is 0.595. The van der Waals surface area contributed by atoms with Crippen molar-refractivity contribution in [2.75, 3.05) is 18.6 Å². The van der Waals surface area contributed by atoms with E-state index in [1.807, 2.05) is 53.7 Å². The third kappa shape index (κ3) is 5.19. The molecule has 4 rings (SSSR count). The largest absolute Gasteiger partial charge is 0.507 e. The molecule has 1 aromatic carbocycles. The van der Waals surface area contributed by atoms with Gasteiger partial charge in [0.25, 0.3) is 11.6 Å². The van der Waals surface area contributed by atoms with Crippen LogP contribution in [0.5, 0.6) is 5.75 Å². The quantitative estimate of drug-likeness (QED) is 0.287. The molecule has 2 atom stereocenters. The van der Waals surface area contributed by atoms with Gasteiger partial charge in [0, 0.05) is 43.0 Å². The minimum atomic E-state index is -1.56. The number of nitrogens with zero attached hydrogens (tertiary/aromatic N) is 6. The molecule has 210 valence electrons. The van der Waals surface area contributed by atoms with Crippen molar-refractivity contribution >= 4 is 41.6 Å². The maximum absolute atomic E-state index is 13.5. The number of carbonyl (C=O) groups excluding carboxylic acids is 1. The maximum atomic E-state index is 13.5. The average Bonchev–Trinajstić information content (AvgIpc) is 3.26. The Hall–Kier alpha value is -2.90. The van der Waals surface area contributed by atoms with Gasteiger partial charge in [-0.05, 0) is 44.5 Å². The number of benzene rings is 1. The molecular formula is C26H34N6O5S2. The van der Waals surface area contributed by atoms with Crippen LogP contribution in [0.15, 0.2) is 33.6 Å². The maximum Gasteiger partial charge on any atom is 0.352 e. The number of aromatic nitrogens is 4. The van der Waals surface area contributed by atoms with Crippen LogP contribution in [0.4, 0.5) is 0 Å². The molecule has 2 aromatic rings. The highest BCUT2D eigenvalue weighted by Gasteiger charge is 2.66. The van der Waals surface area contributed by atoms with E-state index >= 15 is 0 Å². The molecular weight excluding hydrogens is 540 g/mol. The van der Waals surface area contributed by atoms with Crippen LogP contribution in [-0.2, 0) is 32.2 Å². The summed E-state index contributed by atoms with van der Waals surface area (Å²) in [5, 5.41) is 32.3. The number of phenolic OH excluding ortho intramolecular Hbond substituents is 1. The van der Waals surface area contributed by atoms with Crippen molar-refractivity contribution in [1.82, 2.24) is 25.1 Å². The molecule has 1 fully saturated rings. The third-order valence-electron chi connectivity index (χ3n) is 6.71. The minimum absolute atomic E-state index is 0.0519. The Morgan fingerprint density at radius 1 is 1.26 bits per heavy atom. The number of β-lactam (4-membered cyclic amide) rings is 1. The summed E-state index contributed by atoms with van der Waals surface area (Å²) in [6, 6.07) is 3.73. The summed E-state index contributed by atoms with van der Waals surface area (Å²) in [4.78, 5) is 31.7. The number of tetrazole rings is 1. The van der Waals surface area contributed by atoms with E-state index in [1.165, 1.54) is 40.2 Å². The van der Waals surface area contributed by atoms with Gasteiger partial charge >= 0.3 is 5.97 Å². The standard InChI is InChI=1S/C26H34N6O5S2/c1-24(2,3)16-9-14(10-17(19(16)33)25(4,5)6)11-27-26(37-8)21(36)32-18(20(34)35)15(12-38-22(26)32)13-39-23-28-29-30-31(23)7/h9-11,22,33H,12-13H2,1-8H3,(H,34,35)/t22-,26+/m1/s1. The van der Waals surface area contributed by atoms with Gasteiger partial charge in [0.05, 0.1) is 0 Å². The monoisotopic (exact) mass is 574 g/mol. The number of thioether (sulfide) groups is 2. The summed E-state index contributed by atoms with van der Waals surface area (Å²) in [6.07, 6.45) is 1.58. The number of carboxylic acid groups (broad SMARTS) is 1. The topological polar surface area (TPSA) is 143 Å². The van der Waals surface area contributed by atoms with Crippen LogP contribution in [0.3, 0.4) is 0 Å². The van der Waals surface area contributed by atoms with Gasteiger partial charge in [0.15, 0.2) is 0 Å². The third-order valence-corrected chi connectivity index (χ3v) is 9.17. The Morgan fingerprint density at radius 2 is 1.87 bits per heavy atom. The van der Waals surface area contributed by atoms with E-state index in [2.05, 4.69) is 20.5 Å². The summed E-state index contributed by atoms with van der Waals surface area (Å²) in [7, 11) is 3.11. The molecule has 13 heteroatoms. The lowest BCUT2D eigenvalue weighted by molar-refractivity contribution is -0.182. The molecule has 11 nitrogen and oxygen atoms in total. The molecule has 1 aromatic heterocycles. The number of carboxylic acids is 1. The fourth-order valence-electron chi connectivity index (χ4n) is 4.58. The number of aromatic hydroxyl groups is 1. The van der Waals surface area contributed by atoms with Gasteiger partial charge in [-0.1, -0.05) is 53.3 Å². The van der Waals surface area contributed by atoms with Crippen LogP contribution in [0.2, 0.25) is 0 Å². The molecule has 39 heavy (non-hydrogen) atoms. The Labute approximate surface area is 236 Å². The number of amides is 1. The Balaban J connectivity index is 1.67. The van der Waals surface area contributed by atoms with E-state index in [4.69, 9.17) is 4.74 Å². The zero-order chi connectivity index (χ0) is 28.9. The number of phenols is 1. The minimum Gasteiger partial charge on any atom is -0.507 e. The Kier molecular flexibility index (Phi) is 7.65. The summed E-state index contributed by atoms with van der Waals surface area (Å²) < 4.78 is 7.19. The first kappa shape index (κ1) is 29.1. The first-order valence-electron chi connectivity index (χ1n) is 12.4. The Bertz CT molecular complexity index is 1340. The van der Waals surface area contributed by atoms with Crippen LogP contribution in [-0.4, -0.2) is 83.1 Å². The first-order valence-corrected chi connectivity index (χ1v) is 14.4. The first-order chi connectivity index (χ1) is 18.1. The molecule has 0 aliphatic carbocycles. The van der Waals surface area contributed by atoms with Gasteiger partial charge in [-0.3, -0.25) is 9.69 Å². The van der Waals surface area contributed by atoms with E-state index in [0.717, 1.165) is 16.7 Å². The molecule has 1 amide bonds. The second-order valence-corrected chi connectivity index (χ2v) is 13.6. The van der Waals surface area contributed by atoms with Crippen molar-refractivity contribution in [2.45, 2.75) is 68.6 Å². The van der Waals surface area contributed by atoms with Crippen molar-refractivity contribution < 1.29 is 24.5 Å². The molecule has 0 unspecified atom stereocenters. The predicted octanol–water partition coefficient (Wildman–Crippen LogP) is 3.32. The molecule has 0 bridgehead atoms. The highest BCUT2D eigenvalue weighted by atomic mass is 32.2. The SMILES string of the molecule is CO[C@@]1(N=Cc2cc(C(C)(C)C)c(O)c(C(C)(C)C)c2)C(=O)N2C(C(=O)O)=C(CSc3nnnn3C)CS[C@@H]21. The second kappa shape index (κ2) is 10.3. The van der Waals surface area contributed by atoms with Crippen molar-refractivity contribution in [3.05, 3.63) is 40.1 Å². The molecule has 0 saturated carbocycles. The highest BCUT2D eigenvalue weighted by Crippen LogP contribution is 2.49. The van der Waals surface area contributed by atoms with Gasteiger partial charge < -0.3 is 14.9 Å². The summed E-state index contributed by atoms with van der Waals surface area (Å²) in [6.45, 7) is 12.1. The van der Waals surface area contributed by atoms with Crippen LogP contribution < -0.4 is 0 Å². The van der Waals surface area contributed by atoms with E-state index in [1.54, 1.807) is 13.3 Å². The zero-order valence-electron chi connectivity index (χ0n) is 23.3. The van der Waals surface area contributed by atoms with Crippen molar-refractivity contribution in [3.63, 3.8) is 0 Å². The number of aliphatic carboxylic acids is 1. The number of carbonyl (C=O) groups is 2. The smallest absolute Gasteiger partial charge is 0.352 e. The van der Waals surface area contributed by atoms with E-state index < -0.39 is 23.0 Å².